The van der Waals surface area contributed by atoms with E-state index in [4.69, 9.17) is 5.73 Å². The monoisotopic (exact) mass is 199 g/mol. The van der Waals surface area contributed by atoms with Crippen LogP contribution in [0.2, 0.25) is 0 Å². The fourth-order valence-electron chi connectivity index (χ4n) is 1.07. The molecule has 3 nitrogen and oxygen atoms in total. The Balaban J connectivity index is 1.96. The van der Waals surface area contributed by atoms with E-state index in [1.165, 1.54) is 12.8 Å². The zero-order valence-electron chi connectivity index (χ0n) is 7.99. The van der Waals surface area contributed by atoms with Gasteiger partial charge in [-0.05, 0) is 19.8 Å². The fourth-order valence-corrected chi connectivity index (χ4v) is 1.90. The Kier molecular flexibility index (Phi) is 4.93. The molecule has 13 heavy (non-hydrogen) atoms. The molecule has 0 aliphatic carbocycles. The Hall–Kier alpha value is -0.480. The van der Waals surface area contributed by atoms with E-state index in [0.717, 1.165) is 17.3 Å². The van der Waals surface area contributed by atoms with Crippen LogP contribution in [0.5, 0.6) is 0 Å². The molecule has 0 amide bonds. The van der Waals surface area contributed by atoms with E-state index >= 15 is 0 Å². The van der Waals surface area contributed by atoms with Crippen LogP contribution in [-0.2, 0) is 0 Å². The van der Waals surface area contributed by atoms with Gasteiger partial charge in [-0.15, -0.1) is 0 Å². The number of aromatic amines is 1. The van der Waals surface area contributed by atoms with Gasteiger partial charge in [-0.1, -0.05) is 18.2 Å². The van der Waals surface area contributed by atoms with Crippen molar-refractivity contribution < 1.29 is 0 Å². The van der Waals surface area contributed by atoms with Gasteiger partial charge in [0.25, 0.3) is 0 Å². The molecular formula is C9H17N3S. The normalized spacial score (nSPS) is 13.1. The minimum Gasteiger partial charge on any atom is -0.340 e. The van der Waals surface area contributed by atoms with Crippen LogP contribution in [-0.4, -0.2) is 21.8 Å². The molecule has 4 heteroatoms. The van der Waals surface area contributed by atoms with Crippen molar-refractivity contribution in [2.24, 2.45) is 5.73 Å². The van der Waals surface area contributed by atoms with Crippen LogP contribution in [0, 0.1) is 0 Å². The standard InChI is InChI=1S/C9H17N3S/c1-8(10)4-2-3-7-13-9-11-5-6-12-9/h5-6,8H,2-4,7,10H2,1H3,(H,11,12). The predicted octanol–water partition coefficient (Wildman–Crippen LogP) is 2.02. The fraction of sp³-hybridized carbons (Fsp3) is 0.667. The molecule has 1 unspecified atom stereocenters. The quantitative estimate of drug-likeness (QED) is 0.544. The van der Waals surface area contributed by atoms with E-state index < -0.39 is 0 Å². The van der Waals surface area contributed by atoms with E-state index in [0.29, 0.717) is 6.04 Å². The molecule has 0 bridgehead atoms. The zero-order valence-corrected chi connectivity index (χ0v) is 8.81. The number of nitrogens with two attached hydrogens (primary N) is 1. The summed E-state index contributed by atoms with van der Waals surface area (Å²) in [6.07, 6.45) is 7.19. The summed E-state index contributed by atoms with van der Waals surface area (Å²) in [4.78, 5) is 7.20. The first-order valence-corrected chi connectivity index (χ1v) is 5.65. The van der Waals surface area contributed by atoms with Gasteiger partial charge in [-0.3, -0.25) is 0 Å². The number of H-pyrrole nitrogens is 1. The molecule has 0 saturated heterocycles. The van der Waals surface area contributed by atoms with Crippen molar-refractivity contribution in [2.45, 2.75) is 37.4 Å². The van der Waals surface area contributed by atoms with Gasteiger partial charge < -0.3 is 10.7 Å². The molecule has 0 aliphatic rings. The molecule has 0 aliphatic heterocycles. The molecule has 0 radical (unpaired) electrons. The highest BCUT2D eigenvalue weighted by Gasteiger charge is 1.97. The Morgan fingerprint density at radius 1 is 1.62 bits per heavy atom. The molecule has 0 aromatic carbocycles. The van der Waals surface area contributed by atoms with Gasteiger partial charge in [0.1, 0.15) is 0 Å². The van der Waals surface area contributed by atoms with Crippen molar-refractivity contribution in [1.29, 1.82) is 0 Å². The van der Waals surface area contributed by atoms with Crippen LogP contribution in [0.15, 0.2) is 17.6 Å². The highest BCUT2D eigenvalue weighted by molar-refractivity contribution is 7.99. The van der Waals surface area contributed by atoms with Crippen molar-refractivity contribution in [3.63, 3.8) is 0 Å². The maximum absolute atomic E-state index is 5.64. The maximum atomic E-state index is 5.64. The number of rotatable bonds is 6. The lowest BCUT2D eigenvalue weighted by Gasteiger charge is -2.03. The second-order valence-corrected chi connectivity index (χ2v) is 4.30. The molecular weight excluding hydrogens is 182 g/mol. The smallest absolute Gasteiger partial charge is 0.165 e. The topological polar surface area (TPSA) is 54.7 Å². The number of hydrogen-bond acceptors (Lipinski definition) is 3. The van der Waals surface area contributed by atoms with E-state index in [9.17, 15) is 0 Å². The summed E-state index contributed by atoms with van der Waals surface area (Å²) in [5, 5.41) is 1.01. The minimum atomic E-state index is 0.341. The van der Waals surface area contributed by atoms with E-state index in [2.05, 4.69) is 16.9 Å². The van der Waals surface area contributed by atoms with E-state index in [1.54, 1.807) is 18.0 Å². The summed E-state index contributed by atoms with van der Waals surface area (Å²) in [7, 11) is 0. The number of nitrogens with zero attached hydrogens (tertiary/aromatic N) is 1. The second kappa shape index (κ2) is 6.05. The predicted molar refractivity (Wildman–Crippen MR) is 56.8 cm³/mol. The summed E-state index contributed by atoms with van der Waals surface area (Å²) in [6, 6.07) is 0.341. The minimum absolute atomic E-state index is 0.341. The third kappa shape index (κ3) is 4.95. The van der Waals surface area contributed by atoms with Gasteiger partial charge in [0, 0.05) is 24.2 Å². The van der Waals surface area contributed by atoms with E-state index in [1.807, 2.05) is 6.20 Å². The summed E-state index contributed by atoms with van der Waals surface area (Å²) in [6.45, 7) is 2.06. The highest BCUT2D eigenvalue weighted by atomic mass is 32.2. The van der Waals surface area contributed by atoms with Gasteiger partial charge in [0.15, 0.2) is 5.16 Å². The van der Waals surface area contributed by atoms with Gasteiger partial charge >= 0.3 is 0 Å². The number of hydrogen-bond donors (Lipinski definition) is 2. The van der Waals surface area contributed by atoms with Crippen molar-refractivity contribution in [3.05, 3.63) is 12.4 Å². The summed E-state index contributed by atoms with van der Waals surface area (Å²) < 4.78 is 0. The average molecular weight is 199 g/mol. The summed E-state index contributed by atoms with van der Waals surface area (Å²) in [5.74, 6) is 1.13. The summed E-state index contributed by atoms with van der Waals surface area (Å²) in [5.41, 5.74) is 5.64. The van der Waals surface area contributed by atoms with Crippen molar-refractivity contribution in [2.75, 3.05) is 5.75 Å². The highest BCUT2D eigenvalue weighted by Crippen LogP contribution is 2.14. The molecule has 74 valence electrons. The van der Waals surface area contributed by atoms with Gasteiger partial charge in [-0.2, -0.15) is 0 Å². The Bertz CT molecular complexity index is 209. The average Bonchev–Trinajstić information content (AvgIpc) is 2.55. The third-order valence-corrected chi connectivity index (χ3v) is 2.76. The molecule has 1 aromatic rings. The molecule has 0 spiro atoms. The summed E-state index contributed by atoms with van der Waals surface area (Å²) >= 11 is 1.77. The zero-order chi connectivity index (χ0) is 9.52. The molecule has 1 atom stereocenters. The first-order valence-electron chi connectivity index (χ1n) is 4.67. The SMILES string of the molecule is CC(N)CCCCSc1ncc[nH]1. The lowest BCUT2D eigenvalue weighted by molar-refractivity contribution is 0.618. The van der Waals surface area contributed by atoms with Gasteiger partial charge in [0.2, 0.25) is 0 Å². The third-order valence-electron chi connectivity index (χ3n) is 1.77. The number of aromatic nitrogens is 2. The molecule has 0 saturated carbocycles. The molecule has 1 rings (SSSR count). The van der Waals surface area contributed by atoms with Crippen LogP contribution >= 0.6 is 11.8 Å². The van der Waals surface area contributed by atoms with E-state index in [-0.39, 0.29) is 0 Å². The maximum Gasteiger partial charge on any atom is 0.165 e. The molecule has 1 heterocycles. The molecule has 1 aromatic heterocycles. The Labute approximate surface area is 83.5 Å². The molecule has 0 fully saturated rings. The van der Waals surface area contributed by atoms with Crippen LogP contribution in [0.1, 0.15) is 26.2 Å². The van der Waals surface area contributed by atoms with Crippen molar-refractivity contribution >= 4 is 11.8 Å². The number of nitrogens with one attached hydrogen (secondary N) is 1. The second-order valence-electron chi connectivity index (χ2n) is 3.22. The largest absolute Gasteiger partial charge is 0.340 e. The van der Waals surface area contributed by atoms with Crippen LogP contribution in [0.25, 0.3) is 0 Å². The number of unbranched alkanes of at least 4 members (excludes halogenated alkanes) is 1. The Morgan fingerprint density at radius 3 is 3.08 bits per heavy atom. The van der Waals surface area contributed by atoms with Crippen molar-refractivity contribution in [1.82, 2.24) is 9.97 Å². The van der Waals surface area contributed by atoms with Crippen LogP contribution in [0.4, 0.5) is 0 Å². The first kappa shape index (κ1) is 10.6. The Morgan fingerprint density at radius 2 is 2.46 bits per heavy atom. The number of thioether (sulfide) groups is 1. The van der Waals surface area contributed by atoms with Gasteiger partial charge in [-0.25, -0.2) is 4.98 Å². The lowest BCUT2D eigenvalue weighted by atomic mass is 10.2. The lowest BCUT2D eigenvalue weighted by Crippen LogP contribution is -2.13. The van der Waals surface area contributed by atoms with Crippen LogP contribution < -0.4 is 5.73 Å². The molecule has 3 N–H and O–H groups in total. The van der Waals surface area contributed by atoms with Crippen molar-refractivity contribution in [3.8, 4) is 0 Å². The van der Waals surface area contributed by atoms with Crippen LogP contribution in [0.3, 0.4) is 0 Å². The number of imidazole rings is 1. The first-order chi connectivity index (χ1) is 6.29. The van der Waals surface area contributed by atoms with Gasteiger partial charge in [0.05, 0.1) is 0 Å².